The molecule has 3 rings (SSSR count). The van der Waals surface area contributed by atoms with E-state index in [-0.39, 0.29) is 5.91 Å². The molecule has 1 saturated heterocycles. The summed E-state index contributed by atoms with van der Waals surface area (Å²) in [4.78, 5) is 28.0. The largest absolute Gasteiger partial charge is 0.462 e. The number of nitrogens with zero attached hydrogens (tertiary/aromatic N) is 2. The van der Waals surface area contributed by atoms with Gasteiger partial charge in [0.25, 0.3) is 0 Å². The Morgan fingerprint density at radius 3 is 2.54 bits per heavy atom. The lowest BCUT2D eigenvalue weighted by Gasteiger charge is -2.32. The van der Waals surface area contributed by atoms with Crippen LogP contribution in [0.25, 0.3) is 10.4 Å². The van der Waals surface area contributed by atoms with Gasteiger partial charge in [-0.3, -0.25) is 9.69 Å². The van der Waals surface area contributed by atoms with Crippen LogP contribution in [0.1, 0.15) is 17.3 Å². The topological polar surface area (TPSA) is 61.9 Å². The van der Waals surface area contributed by atoms with E-state index in [9.17, 15) is 9.59 Å². The van der Waals surface area contributed by atoms with Gasteiger partial charge in [0.15, 0.2) is 0 Å². The van der Waals surface area contributed by atoms with Gasteiger partial charge in [-0.15, -0.1) is 11.3 Å². The van der Waals surface area contributed by atoms with Gasteiger partial charge in [-0.25, -0.2) is 9.10 Å². The second kappa shape index (κ2) is 10.1. The zero-order valence-electron chi connectivity index (χ0n) is 16.1. The molecule has 2 aromatic rings. The van der Waals surface area contributed by atoms with Crippen LogP contribution in [0.2, 0.25) is 0 Å². The highest BCUT2D eigenvalue weighted by atomic mass is 32.2. The molecule has 1 N–H and O–H groups in total. The van der Waals surface area contributed by atoms with Gasteiger partial charge in [0.05, 0.1) is 18.7 Å². The van der Waals surface area contributed by atoms with Gasteiger partial charge in [-0.1, -0.05) is 42.3 Å². The molecule has 0 spiro atoms. The van der Waals surface area contributed by atoms with Crippen LogP contribution < -0.4 is 5.32 Å². The quantitative estimate of drug-likeness (QED) is 0.548. The molecule has 28 heavy (non-hydrogen) atoms. The number of benzene rings is 1. The van der Waals surface area contributed by atoms with Gasteiger partial charge < -0.3 is 10.1 Å². The minimum Gasteiger partial charge on any atom is -0.462 e. The number of rotatable bonds is 7. The van der Waals surface area contributed by atoms with Crippen molar-refractivity contribution in [2.24, 2.45) is 0 Å². The Bertz CT molecular complexity index is 802. The molecule has 8 heteroatoms. The van der Waals surface area contributed by atoms with Crippen molar-refractivity contribution in [3.63, 3.8) is 0 Å². The maximum atomic E-state index is 12.6. The van der Waals surface area contributed by atoms with Gasteiger partial charge in [-0.05, 0) is 24.8 Å². The summed E-state index contributed by atoms with van der Waals surface area (Å²) in [6.07, 6.45) is 2.07. The Balaban J connectivity index is 1.71. The van der Waals surface area contributed by atoms with Crippen molar-refractivity contribution in [1.82, 2.24) is 9.21 Å². The maximum Gasteiger partial charge on any atom is 0.341 e. The summed E-state index contributed by atoms with van der Waals surface area (Å²) in [5.74, 6) is -0.519. The van der Waals surface area contributed by atoms with Crippen LogP contribution in [0.15, 0.2) is 36.4 Å². The third kappa shape index (κ3) is 5.35. The Kier molecular flexibility index (Phi) is 7.50. The minimum atomic E-state index is -0.412. The first-order valence-electron chi connectivity index (χ1n) is 9.28. The number of amides is 1. The van der Waals surface area contributed by atoms with Gasteiger partial charge >= 0.3 is 5.97 Å². The Morgan fingerprint density at radius 2 is 1.89 bits per heavy atom. The summed E-state index contributed by atoms with van der Waals surface area (Å²) in [7, 11) is 0. The Hall–Kier alpha value is -1.87. The summed E-state index contributed by atoms with van der Waals surface area (Å²) < 4.78 is 7.46. The van der Waals surface area contributed by atoms with Crippen LogP contribution in [-0.2, 0) is 9.53 Å². The predicted molar refractivity (Wildman–Crippen MR) is 116 cm³/mol. The number of anilines is 1. The van der Waals surface area contributed by atoms with Gasteiger partial charge in [0, 0.05) is 31.1 Å². The van der Waals surface area contributed by atoms with E-state index in [1.807, 2.05) is 30.3 Å². The van der Waals surface area contributed by atoms with E-state index in [2.05, 4.69) is 20.8 Å². The van der Waals surface area contributed by atoms with Crippen LogP contribution in [0.4, 0.5) is 5.00 Å². The fraction of sp³-hybridized carbons (Fsp3) is 0.400. The molecule has 1 aliphatic rings. The molecular formula is C20H25N3O3S2. The molecule has 0 saturated carbocycles. The summed E-state index contributed by atoms with van der Waals surface area (Å²) in [5, 5.41) is 3.48. The molecule has 0 unspecified atom stereocenters. The number of esters is 1. The lowest BCUT2D eigenvalue weighted by atomic mass is 10.1. The van der Waals surface area contributed by atoms with Crippen molar-refractivity contribution in [3.8, 4) is 10.4 Å². The van der Waals surface area contributed by atoms with Crippen molar-refractivity contribution < 1.29 is 14.3 Å². The van der Waals surface area contributed by atoms with E-state index in [0.29, 0.717) is 23.7 Å². The van der Waals surface area contributed by atoms with E-state index in [0.717, 1.165) is 36.6 Å². The monoisotopic (exact) mass is 419 g/mol. The lowest BCUT2D eigenvalue weighted by molar-refractivity contribution is -0.117. The Labute approximate surface area is 174 Å². The molecule has 0 bridgehead atoms. The number of nitrogens with one attached hydrogen (secondary N) is 1. The summed E-state index contributed by atoms with van der Waals surface area (Å²) >= 11 is 3.13. The fourth-order valence-corrected chi connectivity index (χ4v) is 4.62. The summed E-state index contributed by atoms with van der Waals surface area (Å²) in [5.41, 5.74) is 1.41. The summed E-state index contributed by atoms with van der Waals surface area (Å²) in [6.45, 7) is 6.00. The standard InChI is InChI=1S/C20H25N3O3S2/c1-3-26-20(25)16-13-17(15-7-5-4-6-8-15)28-19(16)21-18(24)14-22-9-11-23(27-2)12-10-22/h4-8,13H,3,9-12,14H2,1-2H3,(H,21,24). The minimum absolute atomic E-state index is 0.107. The van der Waals surface area contributed by atoms with E-state index >= 15 is 0 Å². The van der Waals surface area contributed by atoms with E-state index in [1.165, 1.54) is 11.3 Å². The highest BCUT2D eigenvalue weighted by Crippen LogP contribution is 2.36. The number of carbonyl (C=O) groups is 2. The van der Waals surface area contributed by atoms with Gasteiger partial charge in [0.2, 0.25) is 5.91 Å². The third-order valence-corrected chi connectivity index (χ3v) is 6.48. The number of ether oxygens (including phenoxy) is 1. The third-order valence-electron chi connectivity index (χ3n) is 4.50. The molecule has 0 radical (unpaired) electrons. The molecular weight excluding hydrogens is 394 g/mol. The number of hydrogen-bond acceptors (Lipinski definition) is 7. The van der Waals surface area contributed by atoms with Crippen LogP contribution in [0, 0.1) is 0 Å². The van der Waals surface area contributed by atoms with E-state index < -0.39 is 5.97 Å². The molecule has 6 nitrogen and oxygen atoms in total. The number of thiophene rings is 1. The van der Waals surface area contributed by atoms with Crippen molar-refractivity contribution in [3.05, 3.63) is 42.0 Å². The molecule has 2 heterocycles. The summed E-state index contributed by atoms with van der Waals surface area (Å²) in [6, 6.07) is 11.6. The first-order valence-corrected chi connectivity index (χ1v) is 11.3. The number of hydrogen-bond donors (Lipinski definition) is 1. The molecule has 1 aromatic heterocycles. The lowest BCUT2D eigenvalue weighted by Crippen LogP contribution is -2.46. The van der Waals surface area contributed by atoms with Crippen molar-refractivity contribution in [2.75, 3.05) is 50.9 Å². The van der Waals surface area contributed by atoms with Crippen LogP contribution in [0.3, 0.4) is 0 Å². The van der Waals surface area contributed by atoms with E-state index in [1.54, 1.807) is 24.9 Å². The maximum absolute atomic E-state index is 12.6. The molecule has 0 aliphatic carbocycles. The second-order valence-corrected chi connectivity index (χ2v) is 8.31. The van der Waals surface area contributed by atoms with Crippen molar-refractivity contribution >= 4 is 40.2 Å². The normalized spacial score (nSPS) is 15.4. The fourth-order valence-electron chi connectivity index (χ4n) is 3.03. The van der Waals surface area contributed by atoms with Crippen molar-refractivity contribution in [2.45, 2.75) is 6.92 Å². The van der Waals surface area contributed by atoms with Crippen molar-refractivity contribution in [1.29, 1.82) is 0 Å². The zero-order chi connectivity index (χ0) is 19.9. The highest BCUT2D eigenvalue weighted by molar-refractivity contribution is 7.96. The SMILES string of the molecule is CCOC(=O)c1cc(-c2ccccc2)sc1NC(=O)CN1CCN(SC)CC1. The molecule has 1 amide bonds. The highest BCUT2D eigenvalue weighted by Gasteiger charge is 2.22. The molecule has 150 valence electrons. The zero-order valence-corrected chi connectivity index (χ0v) is 17.8. The average Bonchev–Trinajstić information content (AvgIpc) is 3.13. The first kappa shape index (κ1) is 20.9. The average molecular weight is 420 g/mol. The Morgan fingerprint density at radius 1 is 1.18 bits per heavy atom. The molecule has 1 aliphatic heterocycles. The first-order chi connectivity index (χ1) is 13.6. The van der Waals surface area contributed by atoms with Crippen LogP contribution >= 0.6 is 23.3 Å². The molecule has 1 aromatic carbocycles. The van der Waals surface area contributed by atoms with Gasteiger partial charge in [-0.2, -0.15) is 0 Å². The number of carbonyl (C=O) groups excluding carboxylic acids is 2. The van der Waals surface area contributed by atoms with E-state index in [4.69, 9.17) is 4.74 Å². The predicted octanol–water partition coefficient (Wildman–Crippen LogP) is 3.43. The second-order valence-electron chi connectivity index (χ2n) is 6.38. The van der Waals surface area contributed by atoms with Gasteiger partial charge in [0.1, 0.15) is 5.00 Å². The molecule has 1 fully saturated rings. The van der Waals surface area contributed by atoms with Crippen LogP contribution in [-0.4, -0.2) is 66.7 Å². The smallest absolute Gasteiger partial charge is 0.341 e. The molecule has 0 atom stereocenters. The number of piperazine rings is 1. The van der Waals surface area contributed by atoms with Crippen LogP contribution in [0.5, 0.6) is 0 Å².